The Bertz CT molecular complexity index is 1830. The van der Waals surface area contributed by atoms with E-state index < -0.39 is 6.43 Å². The van der Waals surface area contributed by atoms with E-state index in [1.54, 1.807) is 16.8 Å². The molecule has 0 bridgehead atoms. The normalized spacial score (nSPS) is 15.4. The SMILES string of the molecule is Cc1cc2c(N3CCCc4cc(-c5cnn(CCCCCCCCC(N)=O)c5)c(C(F)F)cc43)cc(C3CCOCC3)cc2n(C)c1=O. The van der Waals surface area contributed by atoms with E-state index in [2.05, 4.69) is 22.1 Å². The van der Waals surface area contributed by atoms with E-state index in [1.807, 2.05) is 37.0 Å². The third kappa shape index (κ3) is 7.33. The maximum absolute atomic E-state index is 14.8. The lowest BCUT2D eigenvalue weighted by Gasteiger charge is -2.34. The van der Waals surface area contributed by atoms with Gasteiger partial charge in [-0.15, -0.1) is 0 Å². The van der Waals surface area contributed by atoms with Crippen LogP contribution in [0.1, 0.15) is 98.8 Å². The third-order valence-corrected chi connectivity index (χ3v) is 10.1. The van der Waals surface area contributed by atoms with Crippen molar-refractivity contribution >= 4 is 28.2 Å². The number of halogens is 2. The molecule has 0 atom stereocenters. The van der Waals surface area contributed by atoms with E-state index in [9.17, 15) is 18.4 Å². The van der Waals surface area contributed by atoms with Crippen LogP contribution in [0.15, 0.2) is 47.5 Å². The molecule has 10 heteroatoms. The molecular weight excluding hydrogens is 612 g/mol. The zero-order chi connectivity index (χ0) is 33.8. The van der Waals surface area contributed by atoms with Crippen LogP contribution in [0.4, 0.5) is 20.2 Å². The number of nitrogens with zero attached hydrogens (tertiary/aromatic N) is 4. The number of carbonyl (C=O) groups is 1. The van der Waals surface area contributed by atoms with Crippen LogP contribution in [0, 0.1) is 6.92 Å². The summed E-state index contributed by atoms with van der Waals surface area (Å²) < 4.78 is 38.9. The number of ether oxygens (including phenoxy) is 1. The first-order valence-corrected chi connectivity index (χ1v) is 17.5. The van der Waals surface area contributed by atoms with Crippen molar-refractivity contribution in [2.75, 3.05) is 24.7 Å². The van der Waals surface area contributed by atoms with Crippen molar-refractivity contribution in [2.45, 2.75) is 96.4 Å². The number of nitrogens with two attached hydrogens (primary N) is 1. The molecule has 2 aliphatic heterocycles. The molecule has 2 aromatic carbocycles. The van der Waals surface area contributed by atoms with Crippen molar-refractivity contribution in [3.05, 3.63) is 75.3 Å². The van der Waals surface area contributed by atoms with Crippen LogP contribution in [0.3, 0.4) is 0 Å². The number of benzene rings is 2. The van der Waals surface area contributed by atoms with Crippen molar-refractivity contribution in [2.24, 2.45) is 12.8 Å². The van der Waals surface area contributed by atoms with Crippen molar-refractivity contribution in [3.8, 4) is 11.1 Å². The number of anilines is 2. The van der Waals surface area contributed by atoms with E-state index in [0.29, 0.717) is 48.8 Å². The van der Waals surface area contributed by atoms with Gasteiger partial charge in [0.05, 0.1) is 17.4 Å². The van der Waals surface area contributed by atoms with E-state index >= 15 is 0 Å². The zero-order valence-corrected chi connectivity index (χ0v) is 28.1. The Balaban J connectivity index is 1.29. The second-order valence-electron chi connectivity index (χ2n) is 13.5. The molecule has 1 saturated heterocycles. The summed E-state index contributed by atoms with van der Waals surface area (Å²) in [6.07, 6.45) is 10.8. The summed E-state index contributed by atoms with van der Waals surface area (Å²) >= 11 is 0. The molecule has 1 amide bonds. The van der Waals surface area contributed by atoms with Gasteiger partial charge < -0.3 is 19.9 Å². The van der Waals surface area contributed by atoms with Crippen LogP contribution in [0.25, 0.3) is 22.0 Å². The van der Waals surface area contributed by atoms with Crippen molar-refractivity contribution < 1.29 is 18.3 Å². The highest BCUT2D eigenvalue weighted by atomic mass is 19.3. The van der Waals surface area contributed by atoms with Crippen LogP contribution in [-0.4, -0.2) is 40.0 Å². The highest BCUT2D eigenvalue weighted by Crippen LogP contribution is 2.44. The van der Waals surface area contributed by atoms with Crippen LogP contribution in [-0.2, 0) is 29.5 Å². The van der Waals surface area contributed by atoms with Crippen LogP contribution >= 0.6 is 0 Å². The molecular formula is C38H47F2N5O3. The number of hydrogen-bond acceptors (Lipinski definition) is 5. The maximum atomic E-state index is 14.8. The molecule has 4 aromatic rings. The lowest BCUT2D eigenvalue weighted by Crippen LogP contribution is -2.27. The van der Waals surface area contributed by atoms with E-state index in [-0.39, 0.29) is 17.0 Å². The molecule has 0 saturated carbocycles. The average Bonchev–Trinajstić information content (AvgIpc) is 3.56. The Kier molecular flexibility index (Phi) is 10.6. The van der Waals surface area contributed by atoms with Gasteiger partial charge in [0.15, 0.2) is 0 Å². The topological polar surface area (TPSA) is 95.4 Å². The minimum absolute atomic E-state index is 0.00429. The van der Waals surface area contributed by atoms with Crippen molar-refractivity contribution in [1.29, 1.82) is 0 Å². The largest absolute Gasteiger partial charge is 0.381 e. The number of primary amides is 1. The summed E-state index contributed by atoms with van der Waals surface area (Å²) in [7, 11) is 1.82. The quantitative estimate of drug-likeness (QED) is 0.148. The van der Waals surface area contributed by atoms with Gasteiger partial charge in [-0.2, -0.15) is 5.10 Å². The number of rotatable bonds is 13. The smallest absolute Gasteiger partial charge is 0.264 e. The number of amides is 1. The molecule has 0 aliphatic carbocycles. The Morgan fingerprint density at radius 3 is 2.52 bits per heavy atom. The average molecular weight is 660 g/mol. The first kappa shape index (κ1) is 33.8. The number of aromatic nitrogens is 3. The van der Waals surface area contributed by atoms with Gasteiger partial charge in [-0.25, -0.2) is 8.78 Å². The summed E-state index contributed by atoms with van der Waals surface area (Å²) in [5.41, 5.74) is 11.9. The molecule has 6 rings (SSSR count). The molecule has 2 aliphatic rings. The van der Waals surface area contributed by atoms with E-state index in [4.69, 9.17) is 10.5 Å². The van der Waals surface area contributed by atoms with Crippen LogP contribution in [0.2, 0.25) is 0 Å². The number of carbonyl (C=O) groups excluding carboxylic acids is 1. The summed E-state index contributed by atoms with van der Waals surface area (Å²) in [4.78, 5) is 26.1. The van der Waals surface area contributed by atoms with Crippen LogP contribution in [0.5, 0.6) is 0 Å². The Morgan fingerprint density at radius 2 is 1.77 bits per heavy atom. The number of aryl methyl sites for hydroxylation is 4. The molecule has 1 fully saturated rings. The second-order valence-corrected chi connectivity index (χ2v) is 13.5. The van der Waals surface area contributed by atoms with Gasteiger partial charge in [0.1, 0.15) is 0 Å². The minimum atomic E-state index is -2.65. The first-order chi connectivity index (χ1) is 23.2. The van der Waals surface area contributed by atoms with E-state index in [0.717, 1.165) is 104 Å². The molecule has 0 radical (unpaired) electrons. The van der Waals surface area contributed by atoms with Gasteiger partial charge in [0, 0.05) is 73.7 Å². The molecule has 2 N–H and O–H groups in total. The third-order valence-electron chi connectivity index (χ3n) is 10.1. The highest BCUT2D eigenvalue weighted by Gasteiger charge is 2.27. The molecule has 0 unspecified atom stereocenters. The maximum Gasteiger partial charge on any atom is 0.264 e. The molecule has 4 heterocycles. The lowest BCUT2D eigenvalue weighted by molar-refractivity contribution is -0.118. The monoisotopic (exact) mass is 659 g/mol. The van der Waals surface area contributed by atoms with Crippen molar-refractivity contribution in [1.82, 2.24) is 14.3 Å². The first-order valence-electron chi connectivity index (χ1n) is 17.5. The molecule has 8 nitrogen and oxygen atoms in total. The van der Waals surface area contributed by atoms with Gasteiger partial charge >= 0.3 is 0 Å². The number of pyridine rings is 1. The van der Waals surface area contributed by atoms with Crippen molar-refractivity contribution in [3.63, 3.8) is 0 Å². The predicted octanol–water partition coefficient (Wildman–Crippen LogP) is 7.84. The number of fused-ring (bicyclic) bond motifs is 2. The Labute approximate surface area is 280 Å². The fourth-order valence-electron chi connectivity index (χ4n) is 7.45. The molecule has 48 heavy (non-hydrogen) atoms. The molecule has 0 spiro atoms. The fourth-order valence-corrected chi connectivity index (χ4v) is 7.45. The number of unbranched alkanes of at least 4 members (excludes halogenated alkanes) is 5. The summed E-state index contributed by atoms with van der Waals surface area (Å²) in [5.74, 6) is 0.0656. The van der Waals surface area contributed by atoms with Gasteiger partial charge in [0.2, 0.25) is 5.91 Å². The Hall–Kier alpha value is -4.05. The molecule has 2 aromatic heterocycles. The highest BCUT2D eigenvalue weighted by molar-refractivity contribution is 5.96. The van der Waals surface area contributed by atoms with Gasteiger partial charge in [-0.3, -0.25) is 14.3 Å². The number of alkyl halides is 2. The second kappa shape index (κ2) is 15.0. The fraction of sp³-hybridized carbons (Fsp3) is 0.500. The minimum Gasteiger partial charge on any atom is -0.381 e. The summed E-state index contributed by atoms with van der Waals surface area (Å²) in [6, 6.07) is 9.95. The van der Waals surface area contributed by atoms with Gasteiger partial charge in [-0.1, -0.05) is 25.7 Å². The number of hydrogen-bond donors (Lipinski definition) is 1. The zero-order valence-electron chi connectivity index (χ0n) is 28.1. The van der Waals surface area contributed by atoms with E-state index in [1.165, 1.54) is 0 Å². The standard InChI is InChI=1S/C38H47F2N5O3/c1-25-18-32-34(43(2)38(25)47)20-28(26-12-16-48-17-13-26)21-35(32)45-15-9-10-27-19-30(31(37(39)40)22-33(27)45)29-23-42-44(24-29)14-8-6-4-3-5-7-11-36(41)46/h18-24,26,37H,3-17H2,1-2H3,(H2,41,46). The summed E-state index contributed by atoms with van der Waals surface area (Å²) in [6.45, 7) is 4.66. The summed E-state index contributed by atoms with van der Waals surface area (Å²) in [5, 5.41) is 5.47. The van der Waals surface area contributed by atoms with Gasteiger partial charge in [-0.05, 0) is 98.4 Å². The predicted molar refractivity (Wildman–Crippen MR) is 186 cm³/mol. The van der Waals surface area contributed by atoms with Gasteiger partial charge in [0.25, 0.3) is 12.0 Å². The Morgan fingerprint density at radius 1 is 1.02 bits per heavy atom. The van der Waals surface area contributed by atoms with Crippen LogP contribution < -0.4 is 16.2 Å². The molecule has 256 valence electrons. The lowest BCUT2D eigenvalue weighted by atomic mass is 9.89.